The van der Waals surface area contributed by atoms with E-state index in [0.29, 0.717) is 11.3 Å². The van der Waals surface area contributed by atoms with Crippen molar-refractivity contribution in [1.82, 2.24) is 9.99 Å². The van der Waals surface area contributed by atoms with Gasteiger partial charge in [0.15, 0.2) is 0 Å². The van der Waals surface area contributed by atoms with E-state index in [4.69, 9.17) is 0 Å². The van der Waals surface area contributed by atoms with Gasteiger partial charge in [-0.2, -0.15) is 5.10 Å². The maximum absolute atomic E-state index is 12.5. The van der Waals surface area contributed by atoms with Gasteiger partial charge < -0.3 is 9.88 Å². The van der Waals surface area contributed by atoms with Gasteiger partial charge in [-0.1, -0.05) is 34.1 Å². The number of nitrogens with zero attached hydrogens (tertiary/aromatic N) is 2. The van der Waals surface area contributed by atoms with Crippen LogP contribution in [-0.2, 0) is 11.3 Å². The lowest BCUT2D eigenvalue weighted by molar-refractivity contribution is -0.115. The Morgan fingerprint density at radius 2 is 1.69 bits per heavy atom. The summed E-state index contributed by atoms with van der Waals surface area (Å²) in [6, 6.07) is 21.2. The van der Waals surface area contributed by atoms with E-state index >= 15 is 0 Å². The van der Waals surface area contributed by atoms with Crippen molar-refractivity contribution < 1.29 is 9.59 Å². The van der Waals surface area contributed by atoms with Crippen molar-refractivity contribution in [3.63, 3.8) is 0 Å². The van der Waals surface area contributed by atoms with Crippen LogP contribution in [0.4, 0.5) is 5.69 Å². The van der Waals surface area contributed by atoms with Crippen LogP contribution in [0.5, 0.6) is 0 Å². The Morgan fingerprint density at radius 1 is 0.969 bits per heavy atom. The third-order valence-electron chi connectivity index (χ3n) is 5.24. The second-order valence-corrected chi connectivity index (χ2v) is 8.43. The van der Waals surface area contributed by atoms with Crippen LogP contribution in [0.1, 0.15) is 30.6 Å². The molecule has 162 valence electrons. The Balaban J connectivity index is 1.44. The predicted molar refractivity (Wildman–Crippen MR) is 133 cm³/mol. The molecule has 0 radical (unpaired) electrons. The molecule has 0 aliphatic rings. The lowest BCUT2D eigenvalue weighted by Crippen LogP contribution is -2.21. The summed E-state index contributed by atoms with van der Waals surface area (Å²) in [7, 11) is 0. The third kappa shape index (κ3) is 4.57. The van der Waals surface area contributed by atoms with E-state index < -0.39 is 0 Å². The maximum atomic E-state index is 12.5. The van der Waals surface area contributed by atoms with Gasteiger partial charge in [-0.15, -0.1) is 0 Å². The molecular formula is C25H23BrN4O2. The Kier molecular flexibility index (Phi) is 6.37. The molecule has 1 aromatic heterocycles. The number of nitrogens with one attached hydrogen (secondary N) is 2. The highest BCUT2D eigenvalue weighted by molar-refractivity contribution is 9.10. The van der Waals surface area contributed by atoms with Crippen LogP contribution in [0.3, 0.4) is 0 Å². The van der Waals surface area contributed by atoms with E-state index in [2.05, 4.69) is 55.4 Å². The molecule has 4 aromatic rings. The lowest BCUT2D eigenvalue weighted by Gasteiger charge is -2.07. The molecule has 6 nitrogen and oxygen atoms in total. The first-order valence-corrected chi connectivity index (χ1v) is 11.2. The van der Waals surface area contributed by atoms with Crippen molar-refractivity contribution in [3.05, 3.63) is 76.8 Å². The Hall–Kier alpha value is -3.45. The Bertz CT molecular complexity index is 1340. The van der Waals surface area contributed by atoms with Gasteiger partial charge in [0.1, 0.15) is 0 Å². The first-order chi connectivity index (χ1) is 15.5. The van der Waals surface area contributed by atoms with E-state index in [0.717, 1.165) is 33.0 Å². The summed E-state index contributed by atoms with van der Waals surface area (Å²) in [5, 5.41) is 9.25. The number of hydrazone groups is 1. The molecule has 3 aromatic carbocycles. The second kappa shape index (κ2) is 9.36. The monoisotopic (exact) mass is 490 g/mol. The fourth-order valence-electron chi connectivity index (χ4n) is 3.76. The molecule has 0 atom stereocenters. The molecule has 7 heteroatoms. The summed E-state index contributed by atoms with van der Waals surface area (Å²) in [5.41, 5.74) is 6.54. The zero-order valence-electron chi connectivity index (χ0n) is 17.9. The zero-order valence-corrected chi connectivity index (χ0v) is 19.4. The van der Waals surface area contributed by atoms with Crippen LogP contribution < -0.4 is 10.7 Å². The molecule has 0 saturated carbocycles. The van der Waals surface area contributed by atoms with Gasteiger partial charge >= 0.3 is 0 Å². The quantitative estimate of drug-likeness (QED) is 0.268. The average molecular weight is 491 g/mol. The molecule has 4 rings (SSSR count). The van der Waals surface area contributed by atoms with Crippen LogP contribution in [-0.4, -0.2) is 22.1 Å². The number of benzene rings is 3. The first kappa shape index (κ1) is 21.8. The summed E-state index contributed by atoms with van der Waals surface area (Å²) in [6.07, 6.45) is 0.0787. The van der Waals surface area contributed by atoms with Gasteiger partial charge in [-0.3, -0.25) is 9.59 Å². The molecule has 1 heterocycles. The third-order valence-corrected chi connectivity index (χ3v) is 5.77. The number of amides is 2. The fourth-order valence-corrected chi connectivity index (χ4v) is 4.03. The SMILES string of the molecule is CCn1c2ccccc2c2cc(NC(=O)C/C(C)=N\NC(=O)c3ccc(Br)cc3)ccc21. The number of fused-ring (bicyclic) bond motifs is 3. The van der Waals surface area contributed by atoms with E-state index in [1.807, 2.05) is 30.3 Å². The number of hydrogen-bond acceptors (Lipinski definition) is 3. The molecule has 0 bridgehead atoms. The van der Waals surface area contributed by atoms with Gasteiger partial charge in [0.2, 0.25) is 5.91 Å². The molecule has 0 aliphatic carbocycles. The van der Waals surface area contributed by atoms with Crippen LogP contribution in [0.2, 0.25) is 0 Å². The number of rotatable bonds is 6. The van der Waals surface area contributed by atoms with Crippen molar-refractivity contribution in [2.24, 2.45) is 5.10 Å². The zero-order chi connectivity index (χ0) is 22.7. The largest absolute Gasteiger partial charge is 0.341 e. The highest BCUT2D eigenvalue weighted by atomic mass is 79.9. The van der Waals surface area contributed by atoms with E-state index in [1.165, 1.54) is 5.52 Å². The number of para-hydroxylation sites is 1. The van der Waals surface area contributed by atoms with Gasteiger partial charge in [-0.25, -0.2) is 5.43 Å². The molecule has 2 N–H and O–H groups in total. The van der Waals surface area contributed by atoms with Crippen molar-refractivity contribution in [3.8, 4) is 0 Å². The number of carbonyl (C=O) groups is 2. The standard InChI is InChI=1S/C25H23BrN4O2/c1-3-30-22-7-5-4-6-20(22)21-15-19(12-13-23(21)30)27-24(31)14-16(2)28-29-25(32)17-8-10-18(26)11-9-17/h4-13,15H,3,14H2,1-2H3,(H,27,31)(H,29,32)/b28-16-. The molecule has 0 unspecified atom stereocenters. The van der Waals surface area contributed by atoms with Crippen molar-refractivity contribution in [1.29, 1.82) is 0 Å². The molecule has 2 amide bonds. The number of aromatic nitrogens is 1. The van der Waals surface area contributed by atoms with Gasteiger partial charge in [0.25, 0.3) is 5.91 Å². The van der Waals surface area contributed by atoms with Gasteiger partial charge in [-0.05, 0) is 62.4 Å². The second-order valence-electron chi connectivity index (χ2n) is 7.51. The smallest absolute Gasteiger partial charge is 0.271 e. The minimum absolute atomic E-state index is 0.0787. The minimum Gasteiger partial charge on any atom is -0.341 e. The van der Waals surface area contributed by atoms with Crippen LogP contribution in [0, 0.1) is 0 Å². The summed E-state index contributed by atoms with van der Waals surface area (Å²) in [5.74, 6) is -0.516. The lowest BCUT2D eigenvalue weighted by atomic mass is 10.1. The van der Waals surface area contributed by atoms with Crippen molar-refractivity contribution in [2.45, 2.75) is 26.8 Å². The topological polar surface area (TPSA) is 75.5 Å². The number of anilines is 1. The van der Waals surface area contributed by atoms with E-state index in [1.54, 1.807) is 31.2 Å². The summed E-state index contributed by atoms with van der Waals surface area (Å²) < 4.78 is 3.16. The Morgan fingerprint density at radius 3 is 2.44 bits per heavy atom. The van der Waals surface area contributed by atoms with Crippen LogP contribution >= 0.6 is 15.9 Å². The summed E-state index contributed by atoms with van der Waals surface area (Å²) in [6.45, 7) is 4.70. The molecule has 0 spiro atoms. The van der Waals surface area contributed by atoms with Crippen molar-refractivity contribution >= 4 is 60.9 Å². The molecule has 0 aliphatic heterocycles. The van der Waals surface area contributed by atoms with E-state index in [9.17, 15) is 9.59 Å². The summed E-state index contributed by atoms with van der Waals surface area (Å²) in [4.78, 5) is 24.7. The van der Waals surface area contributed by atoms with Crippen molar-refractivity contribution in [2.75, 3.05) is 5.32 Å². The average Bonchev–Trinajstić information content (AvgIpc) is 3.11. The molecule has 32 heavy (non-hydrogen) atoms. The summed E-state index contributed by atoms with van der Waals surface area (Å²) >= 11 is 3.34. The molecular weight excluding hydrogens is 468 g/mol. The fraction of sp³-hybridized carbons (Fsp3) is 0.160. The number of carbonyl (C=O) groups excluding carboxylic acids is 2. The van der Waals surface area contributed by atoms with Gasteiger partial charge in [0.05, 0.1) is 6.42 Å². The minimum atomic E-state index is -0.324. The molecule has 0 fully saturated rings. The van der Waals surface area contributed by atoms with Crippen LogP contribution in [0.25, 0.3) is 21.8 Å². The first-order valence-electron chi connectivity index (χ1n) is 10.4. The highest BCUT2D eigenvalue weighted by Crippen LogP contribution is 2.31. The van der Waals surface area contributed by atoms with Gasteiger partial charge in [0, 0.05) is 49.8 Å². The van der Waals surface area contributed by atoms with E-state index in [-0.39, 0.29) is 18.2 Å². The number of halogens is 1. The predicted octanol–water partition coefficient (Wildman–Crippen LogP) is 5.71. The normalized spacial score (nSPS) is 11.7. The van der Waals surface area contributed by atoms with Crippen LogP contribution in [0.15, 0.2) is 76.3 Å². The number of hydrogen-bond donors (Lipinski definition) is 2. The molecule has 0 saturated heterocycles. The number of aryl methyl sites for hydroxylation is 1. The maximum Gasteiger partial charge on any atom is 0.271 e. The highest BCUT2D eigenvalue weighted by Gasteiger charge is 2.11. The Labute approximate surface area is 194 Å².